The van der Waals surface area contributed by atoms with E-state index in [1.54, 1.807) is 12.3 Å². The zero-order valence-electron chi connectivity index (χ0n) is 27.6. The molecule has 51 heavy (non-hydrogen) atoms. The van der Waals surface area contributed by atoms with Gasteiger partial charge in [-0.05, 0) is 78.9 Å². The standard InChI is InChI=1S/C41H26N6O4/c1-21-10-26-14-28(18-43-40(26)41-33(21)16-30(20-45-41)47-36(50)8-9-37(47)51)32-12-22(2)31(11-23(32)3)27-13-24-4-5-25-15-29(46-34(48)6-7-35(46)49)19-44-39(25)38(24)42-17-27/h4-20H,1-3H3. The van der Waals surface area contributed by atoms with Gasteiger partial charge in [-0.3, -0.25) is 39.1 Å². The van der Waals surface area contributed by atoms with Crippen LogP contribution in [0.5, 0.6) is 0 Å². The van der Waals surface area contributed by atoms with Gasteiger partial charge in [-0.25, -0.2) is 9.80 Å². The van der Waals surface area contributed by atoms with Gasteiger partial charge < -0.3 is 0 Å². The van der Waals surface area contributed by atoms with Crippen molar-refractivity contribution in [2.75, 3.05) is 9.80 Å². The number of hydrogen-bond donors (Lipinski definition) is 0. The molecule has 3 aromatic carbocycles. The molecule has 6 heterocycles. The predicted molar refractivity (Wildman–Crippen MR) is 196 cm³/mol. The van der Waals surface area contributed by atoms with Crippen LogP contribution in [0.2, 0.25) is 0 Å². The number of carbonyl (C=O) groups excluding carboxylic acids is 4. The first kappa shape index (κ1) is 30.1. The Bertz CT molecular complexity index is 2800. The quantitative estimate of drug-likeness (QED) is 0.145. The van der Waals surface area contributed by atoms with Gasteiger partial charge in [0.2, 0.25) is 0 Å². The summed E-state index contributed by atoms with van der Waals surface area (Å²) >= 11 is 0. The highest BCUT2D eigenvalue weighted by Crippen LogP contribution is 2.36. The number of anilines is 2. The molecule has 9 rings (SSSR count). The van der Waals surface area contributed by atoms with Crippen molar-refractivity contribution in [3.8, 4) is 22.3 Å². The lowest BCUT2D eigenvalue weighted by atomic mass is 9.92. The van der Waals surface area contributed by atoms with Crippen LogP contribution in [0, 0.1) is 20.8 Å². The van der Waals surface area contributed by atoms with E-state index in [9.17, 15) is 19.2 Å². The fourth-order valence-electron chi connectivity index (χ4n) is 7.11. The minimum absolute atomic E-state index is 0.382. The molecule has 0 spiro atoms. The highest BCUT2D eigenvalue weighted by molar-refractivity contribution is 6.29. The monoisotopic (exact) mass is 666 g/mol. The Kier molecular flexibility index (Phi) is 6.53. The maximum Gasteiger partial charge on any atom is 0.258 e. The Balaban J connectivity index is 1.05. The first-order valence-corrected chi connectivity index (χ1v) is 16.3. The van der Waals surface area contributed by atoms with Crippen LogP contribution in [-0.4, -0.2) is 43.6 Å². The number of amides is 4. The van der Waals surface area contributed by atoms with Crippen molar-refractivity contribution < 1.29 is 19.2 Å². The molecule has 10 nitrogen and oxygen atoms in total. The molecule has 2 aliphatic rings. The number of rotatable bonds is 4. The fourth-order valence-corrected chi connectivity index (χ4v) is 7.11. The van der Waals surface area contributed by atoms with Gasteiger partial charge in [0, 0.05) is 69.4 Å². The predicted octanol–water partition coefficient (Wildman–Crippen LogP) is 7.00. The third kappa shape index (κ3) is 4.72. The fraction of sp³-hybridized carbons (Fsp3) is 0.0732. The van der Waals surface area contributed by atoms with Crippen LogP contribution in [0.15, 0.2) is 104 Å². The second kappa shape index (κ2) is 11.0. The zero-order chi connectivity index (χ0) is 35.1. The summed E-state index contributed by atoms with van der Waals surface area (Å²) in [4.78, 5) is 70.0. The molecular formula is C41H26N6O4. The highest BCUT2D eigenvalue weighted by Gasteiger charge is 2.27. The molecule has 0 atom stereocenters. The molecule has 0 saturated carbocycles. The molecule has 0 radical (unpaired) electrons. The minimum Gasteiger partial charge on any atom is -0.269 e. The van der Waals surface area contributed by atoms with E-state index < -0.39 is 0 Å². The van der Waals surface area contributed by atoms with E-state index in [0.29, 0.717) is 22.4 Å². The molecule has 10 heteroatoms. The van der Waals surface area contributed by atoms with Crippen molar-refractivity contribution in [1.82, 2.24) is 19.9 Å². The summed E-state index contributed by atoms with van der Waals surface area (Å²) in [5.74, 6) is -1.53. The van der Waals surface area contributed by atoms with Crippen LogP contribution in [0.4, 0.5) is 11.4 Å². The van der Waals surface area contributed by atoms with Crippen molar-refractivity contribution >= 4 is 78.6 Å². The molecule has 0 unspecified atom stereocenters. The van der Waals surface area contributed by atoms with Crippen molar-refractivity contribution in [2.24, 2.45) is 0 Å². The Morgan fingerprint density at radius 2 is 0.863 bits per heavy atom. The van der Waals surface area contributed by atoms with Gasteiger partial charge in [-0.1, -0.05) is 24.3 Å². The van der Waals surface area contributed by atoms with Gasteiger partial charge in [-0.15, -0.1) is 0 Å². The first-order valence-electron chi connectivity index (χ1n) is 16.3. The number of benzene rings is 3. The van der Waals surface area contributed by atoms with Crippen molar-refractivity contribution in [3.63, 3.8) is 0 Å². The summed E-state index contributed by atoms with van der Waals surface area (Å²) in [6.07, 6.45) is 11.8. The molecule has 0 N–H and O–H groups in total. The molecule has 7 aromatic rings. The smallest absolute Gasteiger partial charge is 0.258 e. The van der Waals surface area contributed by atoms with Crippen LogP contribution in [-0.2, 0) is 19.2 Å². The van der Waals surface area contributed by atoms with Gasteiger partial charge in [-0.2, -0.15) is 0 Å². The van der Waals surface area contributed by atoms with Gasteiger partial charge in [0.25, 0.3) is 23.6 Å². The molecule has 0 aliphatic carbocycles. The van der Waals surface area contributed by atoms with E-state index in [0.717, 1.165) is 81.3 Å². The number of pyridine rings is 4. The van der Waals surface area contributed by atoms with E-state index in [1.165, 1.54) is 30.5 Å². The van der Waals surface area contributed by atoms with Crippen LogP contribution in [0.3, 0.4) is 0 Å². The van der Waals surface area contributed by atoms with E-state index in [1.807, 2.05) is 37.5 Å². The SMILES string of the molecule is Cc1cc(-c2cnc3c(c2)cc(C)c2cc(N4C(=O)C=CC4=O)cnc23)c(C)cc1-c1cnc2c(ccc3cc(N4C(=O)C=CC4=O)cnc32)c1. The van der Waals surface area contributed by atoms with E-state index in [4.69, 9.17) is 9.97 Å². The molecule has 0 bridgehead atoms. The van der Waals surface area contributed by atoms with Crippen molar-refractivity contribution in [3.05, 3.63) is 120 Å². The molecule has 4 amide bonds. The normalized spacial score (nSPS) is 14.5. The molecule has 4 aromatic heterocycles. The summed E-state index contributed by atoms with van der Waals surface area (Å²) < 4.78 is 0. The number of fused-ring (bicyclic) bond motifs is 6. The number of carbonyl (C=O) groups is 4. The average Bonchev–Trinajstić information content (AvgIpc) is 3.66. The van der Waals surface area contributed by atoms with E-state index in [-0.39, 0.29) is 23.6 Å². The third-order valence-electron chi connectivity index (χ3n) is 9.63. The summed E-state index contributed by atoms with van der Waals surface area (Å²) in [5, 5.41) is 3.48. The largest absolute Gasteiger partial charge is 0.269 e. The lowest BCUT2D eigenvalue weighted by Crippen LogP contribution is -2.29. The number of imide groups is 2. The lowest BCUT2D eigenvalue weighted by molar-refractivity contribution is -0.121. The number of aromatic nitrogens is 4. The van der Waals surface area contributed by atoms with Gasteiger partial charge in [0.15, 0.2) is 0 Å². The number of nitrogens with zero attached hydrogens (tertiary/aromatic N) is 6. The van der Waals surface area contributed by atoms with Crippen LogP contribution < -0.4 is 9.80 Å². The van der Waals surface area contributed by atoms with E-state index >= 15 is 0 Å². The third-order valence-corrected chi connectivity index (χ3v) is 9.63. The summed E-state index contributed by atoms with van der Waals surface area (Å²) in [6, 6.07) is 18.1. The molecule has 0 fully saturated rings. The van der Waals surface area contributed by atoms with Gasteiger partial charge >= 0.3 is 0 Å². The van der Waals surface area contributed by atoms with Crippen LogP contribution in [0.1, 0.15) is 16.7 Å². The number of aryl methyl sites for hydroxylation is 3. The van der Waals surface area contributed by atoms with E-state index in [2.05, 4.69) is 54.1 Å². The molecule has 2 aliphatic heterocycles. The van der Waals surface area contributed by atoms with Crippen molar-refractivity contribution in [2.45, 2.75) is 20.8 Å². The topological polar surface area (TPSA) is 126 Å². The maximum atomic E-state index is 12.3. The van der Waals surface area contributed by atoms with Gasteiger partial charge in [0.05, 0.1) is 45.8 Å². The molecule has 0 saturated heterocycles. The average molecular weight is 667 g/mol. The molecule has 244 valence electrons. The van der Waals surface area contributed by atoms with Gasteiger partial charge in [0.1, 0.15) is 0 Å². The Labute approximate surface area is 290 Å². The lowest BCUT2D eigenvalue weighted by Gasteiger charge is -2.16. The van der Waals surface area contributed by atoms with Crippen LogP contribution in [0.25, 0.3) is 65.9 Å². The van der Waals surface area contributed by atoms with Crippen molar-refractivity contribution in [1.29, 1.82) is 0 Å². The second-order valence-electron chi connectivity index (χ2n) is 12.9. The zero-order valence-corrected chi connectivity index (χ0v) is 27.6. The summed E-state index contributed by atoms with van der Waals surface area (Å²) in [5.41, 5.74) is 10.9. The Morgan fingerprint density at radius 1 is 0.431 bits per heavy atom. The Morgan fingerprint density at radius 3 is 1.41 bits per heavy atom. The Hall–Kier alpha value is -6.94. The number of hydrogen-bond acceptors (Lipinski definition) is 8. The minimum atomic E-state index is -0.384. The summed E-state index contributed by atoms with van der Waals surface area (Å²) in [6.45, 7) is 6.16. The summed E-state index contributed by atoms with van der Waals surface area (Å²) in [7, 11) is 0. The highest BCUT2D eigenvalue weighted by atomic mass is 16.2. The maximum absolute atomic E-state index is 12.3. The van der Waals surface area contributed by atoms with Crippen LogP contribution >= 0.6 is 0 Å². The molecular weight excluding hydrogens is 640 g/mol. The first-order chi connectivity index (χ1) is 24.6. The second-order valence-corrected chi connectivity index (χ2v) is 12.9.